The summed E-state index contributed by atoms with van der Waals surface area (Å²) in [5.41, 5.74) is 8.03. The Hall–Kier alpha value is -2.58. The van der Waals surface area contributed by atoms with Crippen molar-refractivity contribution < 1.29 is 19.0 Å². The molecule has 0 saturated carbocycles. The molecular weight excluding hydrogens is 408 g/mol. The van der Waals surface area contributed by atoms with Crippen LogP contribution < -0.4 is 15.2 Å². The average Bonchev–Trinajstić information content (AvgIpc) is 2.75. The van der Waals surface area contributed by atoms with E-state index in [1.807, 2.05) is 4.90 Å². The molecule has 1 aromatic heterocycles. The van der Waals surface area contributed by atoms with E-state index in [0.717, 1.165) is 23.2 Å². The number of carbonyl (C=O) groups excluding carboxylic acids is 1. The molecule has 30 heavy (non-hydrogen) atoms. The minimum Gasteiger partial charge on any atom is -0.486 e. The number of likely N-dealkylation sites (tertiary alicyclic amines) is 1. The van der Waals surface area contributed by atoms with Crippen molar-refractivity contribution in [2.75, 3.05) is 38.6 Å². The van der Waals surface area contributed by atoms with Crippen molar-refractivity contribution in [1.82, 2.24) is 14.9 Å². The quantitative estimate of drug-likeness (QED) is 0.778. The number of fused-ring (bicyclic) bond motifs is 3. The Kier molecular flexibility index (Phi) is 4.91. The van der Waals surface area contributed by atoms with E-state index in [1.54, 1.807) is 18.3 Å². The molecule has 0 unspecified atom stereocenters. The van der Waals surface area contributed by atoms with Crippen molar-refractivity contribution in [2.24, 2.45) is 0 Å². The van der Waals surface area contributed by atoms with E-state index in [4.69, 9.17) is 31.5 Å². The first kappa shape index (κ1) is 19.4. The molecule has 1 fully saturated rings. The third-order valence-corrected chi connectivity index (χ3v) is 6.39. The molecule has 9 heteroatoms. The standard InChI is InChI=1S/C21H23ClN4O4/c22-15-11-17-16(28-7-8-29-17)9-14(15)10-18(27)26-4-2-21(3-5-26)19-13(1-6-30-21)12-24-20(23)25-19/h9,11-12H,1-8,10H2,(H2,23,24,25). The fraction of sp³-hybridized carbons (Fsp3) is 0.476. The van der Waals surface area contributed by atoms with E-state index in [-0.39, 0.29) is 18.3 Å². The summed E-state index contributed by atoms with van der Waals surface area (Å²) in [5.74, 6) is 1.54. The van der Waals surface area contributed by atoms with Gasteiger partial charge in [0.25, 0.3) is 0 Å². The van der Waals surface area contributed by atoms with E-state index < -0.39 is 5.60 Å². The zero-order chi connectivity index (χ0) is 20.7. The molecule has 8 nitrogen and oxygen atoms in total. The van der Waals surface area contributed by atoms with Crippen LogP contribution in [0.3, 0.4) is 0 Å². The van der Waals surface area contributed by atoms with Crippen molar-refractivity contribution >= 4 is 23.5 Å². The number of ether oxygens (including phenoxy) is 3. The van der Waals surface area contributed by atoms with Gasteiger partial charge < -0.3 is 24.8 Å². The maximum Gasteiger partial charge on any atom is 0.227 e. The van der Waals surface area contributed by atoms with Gasteiger partial charge in [0.05, 0.1) is 18.7 Å². The number of hydrogen-bond donors (Lipinski definition) is 1. The van der Waals surface area contributed by atoms with Crippen molar-refractivity contribution in [3.63, 3.8) is 0 Å². The Balaban J connectivity index is 1.29. The van der Waals surface area contributed by atoms with Gasteiger partial charge >= 0.3 is 0 Å². The molecule has 5 rings (SSSR count). The molecule has 1 amide bonds. The Morgan fingerprint density at radius 1 is 1.17 bits per heavy atom. The smallest absolute Gasteiger partial charge is 0.227 e. The molecule has 1 saturated heterocycles. The predicted octanol–water partition coefficient (Wildman–Crippen LogP) is 2.12. The molecule has 2 N–H and O–H groups in total. The van der Waals surface area contributed by atoms with Crippen LogP contribution in [0.2, 0.25) is 5.02 Å². The van der Waals surface area contributed by atoms with Gasteiger partial charge in [-0.3, -0.25) is 4.79 Å². The van der Waals surface area contributed by atoms with Crippen LogP contribution in [-0.2, 0) is 28.0 Å². The number of benzene rings is 1. The molecule has 3 aliphatic rings. The van der Waals surface area contributed by atoms with E-state index in [1.165, 1.54) is 0 Å². The Morgan fingerprint density at radius 3 is 2.67 bits per heavy atom. The molecule has 0 atom stereocenters. The van der Waals surface area contributed by atoms with E-state index >= 15 is 0 Å². The lowest BCUT2D eigenvalue weighted by Gasteiger charge is -2.44. The van der Waals surface area contributed by atoms with E-state index in [9.17, 15) is 4.79 Å². The summed E-state index contributed by atoms with van der Waals surface area (Å²) < 4.78 is 17.3. The van der Waals surface area contributed by atoms with Gasteiger partial charge in [0.15, 0.2) is 11.5 Å². The Morgan fingerprint density at radius 2 is 1.90 bits per heavy atom. The number of carbonyl (C=O) groups is 1. The molecule has 0 aliphatic carbocycles. The van der Waals surface area contributed by atoms with Gasteiger partial charge in [-0.05, 0) is 36.5 Å². The molecular formula is C21H23ClN4O4. The van der Waals surface area contributed by atoms with Crippen molar-refractivity contribution in [1.29, 1.82) is 0 Å². The average molecular weight is 431 g/mol. The van der Waals surface area contributed by atoms with Crippen LogP contribution >= 0.6 is 11.6 Å². The van der Waals surface area contributed by atoms with Crippen LogP contribution in [0.25, 0.3) is 0 Å². The fourth-order valence-corrected chi connectivity index (χ4v) is 4.66. The molecule has 1 spiro atoms. The maximum atomic E-state index is 13.0. The number of anilines is 1. The fourth-order valence-electron chi connectivity index (χ4n) is 4.44. The molecule has 3 aliphatic heterocycles. The second kappa shape index (κ2) is 7.59. The second-order valence-electron chi connectivity index (χ2n) is 7.84. The SMILES string of the molecule is Nc1ncc2c(n1)C1(CCN(C(=O)Cc3cc4c(cc3Cl)OCCO4)CC1)OCC2. The summed E-state index contributed by atoms with van der Waals surface area (Å²) in [6.07, 6.45) is 4.15. The second-order valence-corrected chi connectivity index (χ2v) is 8.25. The topological polar surface area (TPSA) is 99.8 Å². The normalized spacial score (nSPS) is 19.4. The third-order valence-electron chi connectivity index (χ3n) is 6.04. The lowest BCUT2D eigenvalue weighted by Crippen LogP contribution is -2.49. The Bertz CT molecular complexity index is 991. The monoisotopic (exact) mass is 430 g/mol. The van der Waals surface area contributed by atoms with Crippen LogP contribution in [-0.4, -0.2) is 53.7 Å². The highest BCUT2D eigenvalue weighted by atomic mass is 35.5. The van der Waals surface area contributed by atoms with E-state index in [2.05, 4.69) is 9.97 Å². The van der Waals surface area contributed by atoms with Gasteiger partial charge in [-0.25, -0.2) is 9.97 Å². The summed E-state index contributed by atoms with van der Waals surface area (Å²) in [5, 5.41) is 0.512. The van der Waals surface area contributed by atoms with Crippen molar-refractivity contribution in [2.45, 2.75) is 31.3 Å². The highest BCUT2D eigenvalue weighted by molar-refractivity contribution is 6.31. The van der Waals surface area contributed by atoms with Gasteiger partial charge in [0.2, 0.25) is 11.9 Å². The van der Waals surface area contributed by atoms with E-state index in [0.29, 0.717) is 62.3 Å². The molecule has 4 heterocycles. The predicted molar refractivity (Wildman–Crippen MR) is 110 cm³/mol. The number of piperidine rings is 1. The van der Waals surface area contributed by atoms with Crippen molar-refractivity contribution in [3.05, 3.63) is 40.2 Å². The summed E-state index contributed by atoms with van der Waals surface area (Å²) >= 11 is 6.38. The van der Waals surface area contributed by atoms with Gasteiger partial charge in [0.1, 0.15) is 18.8 Å². The van der Waals surface area contributed by atoms with Crippen LogP contribution in [0.4, 0.5) is 5.95 Å². The third kappa shape index (κ3) is 3.44. The first-order chi connectivity index (χ1) is 14.5. The first-order valence-corrected chi connectivity index (χ1v) is 10.5. The molecule has 1 aromatic carbocycles. The van der Waals surface area contributed by atoms with Gasteiger partial charge in [-0.15, -0.1) is 0 Å². The molecule has 0 bridgehead atoms. The summed E-state index contributed by atoms with van der Waals surface area (Å²) in [6, 6.07) is 3.53. The molecule has 0 radical (unpaired) electrons. The van der Waals surface area contributed by atoms with Gasteiger partial charge in [-0.2, -0.15) is 0 Å². The zero-order valence-electron chi connectivity index (χ0n) is 16.5. The number of halogens is 1. The largest absolute Gasteiger partial charge is 0.486 e. The van der Waals surface area contributed by atoms with Crippen LogP contribution in [0, 0.1) is 0 Å². The highest BCUT2D eigenvalue weighted by Crippen LogP contribution is 2.41. The number of nitrogens with zero attached hydrogens (tertiary/aromatic N) is 3. The highest BCUT2D eigenvalue weighted by Gasteiger charge is 2.43. The van der Waals surface area contributed by atoms with Crippen LogP contribution in [0.15, 0.2) is 18.3 Å². The number of amides is 1. The lowest BCUT2D eigenvalue weighted by atomic mass is 9.83. The lowest BCUT2D eigenvalue weighted by molar-refractivity contribution is -0.140. The minimum absolute atomic E-state index is 0.0293. The molecule has 2 aromatic rings. The summed E-state index contributed by atoms with van der Waals surface area (Å²) in [4.78, 5) is 23.4. The zero-order valence-corrected chi connectivity index (χ0v) is 17.3. The number of nitrogen functional groups attached to an aromatic ring is 1. The van der Waals surface area contributed by atoms with Crippen LogP contribution in [0.1, 0.15) is 29.7 Å². The summed E-state index contributed by atoms with van der Waals surface area (Å²) in [6.45, 7) is 2.79. The Labute approximate surface area is 179 Å². The maximum absolute atomic E-state index is 13.0. The first-order valence-electron chi connectivity index (χ1n) is 10.2. The van der Waals surface area contributed by atoms with Gasteiger partial charge in [-0.1, -0.05) is 11.6 Å². The van der Waals surface area contributed by atoms with Gasteiger partial charge in [0, 0.05) is 30.4 Å². The number of hydrogen-bond acceptors (Lipinski definition) is 7. The number of aromatic nitrogens is 2. The number of nitrogens with two attached hydrogens (primary N) is 1. The summed E-state index contributed by atoms with van der Waals surface area (Å²) in [7, 11) is 0. The molecule has 158 valence electrons. The number of rotatable bonds is 2. The minimum atomic E-state index is -0.490. The van der Waals surface area contributed by atoms with Crippen LogP contribution in [0.5, 0.6) is 11.5 Å². The van der Waals surface area contributed by atoms with Crippen molar-refractivity contribution in [3.8, 4) is 11.5 Å².